The predicted octanol–water partition coefficient (Wildman–Crippen LogP) is 1.35. The van der Waals surface area contributed by atoms with E-state index < -0.39 is 32.3 Å². The van der Waals surface area contributed by atoms with E-state index in [2.05, 4.69) is 5.10 Å². The van der Waals surface area contributed by atoms with Crippen LogP contribution >= 0.6 is 0 Å². The molecule has 0 fully saturated rings. The molecule has 0 unspecified atom stereocenters. The number of hydrogen-bond donors (Lipinski definition) is 1. The Bertz CT molecular complexity index is 819. The number of nitrogens with zero attached hydrogens (tertiary/aromatic N) is 3. The Morgan fingerprint density at radius 2 is 2.13 bits per heavy atom. The predicted molar refractivity (Wildman–Crippen MR) is 80.1 cm³/mol. The zero-order valence-electron chi connectivity index (χ0n) is 12.6. The second-order valence-electron chi connectivity index (χ2n) is 5.03. The Balaban J connectivity index is 2.33. The second-order valence-corrected chi connectivity index (χ2v) is 7.04. The molecule has 0 spiro atoms. The van der Waals surface area contributed by atoms with Gasteiger partial charge in [-0.2, -0.15) is 9.40 Å². The topological polar surface area (TPSA) is 92.5 Å². The third kappa shape index (κ3) is 3.57. The summed E-state index contributed by atoms with van der Waals surface area (Å²) in [6.45, 7) is 1.87. The fourth-order valence-corrected chi connectivity index (χ4v) is 3.37. The number of carboxylic acids is 1. The fourth-order valence-electron chi connectivity index (χ4n) is 2.04. The van der Waals surface area contributed by atoms with E-state index in [-0.39, 0.29) is 6.54 Å². The van der Waals surface area contributed by atoms with E-state index in [9.17, 15) is 17.6 Å². The maximum absolute atomic E-state index is 14.3. The molecule has 23 heavy (non-hydrogen) atoms. The van der Waals surface area contributed by atoms with Crippen molar-refractivity contribution >= 4 is 16.0 Å². The van der Waals surface area contributed by atoms with Crippen LogP contribution in [-0.2, 0) is 16.6 Å². The van der Waals surface area contributed by atoms with E-state index >= 15 is 0 Å². The maximum atomic E-state index is 14.3. The van der Waals surface area contributed by atoms with Crippen molar-refractivity contribution in [3.8, 4) is 0 Å². The first-order chi connectivity index (χ1) is 10.7. The normalized spacial score (nSPS) is 11.8. The van der Waals surface area contributed by atoms with Crippen LogP contribution in [0, 0.1) is 12.7 Å². The van der Waals surface area contributed by atoms with Crippen LogP contribution in [-0.4, -0.2) is 47.2 Å². The molecule has 0 aliphatic carbocycles. The van der Waals surface area contributed by atoms with E-state index in [0.717, 1.165) is 16.4 Å². The van der Waals surface area contributed by atoms with E-state index in [4.69, 9.17) is 5.11 Å². The van der Waals surface area contributed by atoms with Gasteiger partial charge in [-0.05, 0) is 30.7 Å². The van der Waals surface area contributed by atoms with Gasteiger partial charge in [0.05, 0.1) is 12.1 Å². The van der Waals surface area contributed by atoms with Crippen molar-refractivity contribution in [2.75, 3.05) is 13.6 Å². The lowest BCUT2D eigenvalue weighted by atomic mass is 10.1. The lowest BCUT2D eigenvalue weighted by Gasteiger charge is -2.18. The van der Waals surface area contributed by atoms with Crippen molar-refractivity contribution < 1.29 is 22.7 Å². The number of rotatable bonds is 6. The van der Waals surface area contributed by atoms with Crippen LogP contribution in [0.1, 0.15) is 15.9 Å². The number of aromatic nitrogens is 2. The molecule has 124 valence electrons. The van der Waals surface area contributed by atoms with Gasteiger partial charge in [0.1, 0.15) is 4.90 Å². The summed E-state index contributed by atoms with van der Waals surface area (Å²) < 4.78 is 41.8. The minimum absolute atomic E-state index is 0.0692. The smallest absolute Gasteiger partial charge is 0.338 e. The van der Waals surface area contributed by atoms with Gasteiger partial charge < -0.3 is 5.11 Å². The van der Waals surface area contributed by atoms with Crippen molar-refractivity contribution in [2.24, 2.45) is 0 Å². The highest BCUT2D eigenvalue weighted by molar-refractivity contribution is 7.89. The van der Waals surface area contributed by atoms with E-state index in [1.165, 1.54) is 14.0 Å². The molecule has 9 heteroatoms. The van der Waals surface area contributed by atoms with Gasteiger partial charge >= 0.3 is 5.97 Å². The molecule has 0 saturated carbocycles. The molecule has 0 saturated heterocycles. The monoisotopic (exact) mass is 341 g/mol. The molecule has 1 aromatic heterocycles. The standard InChI is InChI=1S/C14H16FN3O4S/c1-10-8-11(14(19)20)13(15)12(9-10)23(21,22)17(2)6-7-18-5-3-4-16-18/h3-5,8-9H,6-7H2,1-2H3,(H,19,20). The van der Waals surface area contributed by atoms with Crippen LogP contribution in [0.15, 0.2) is 35.5 Å². The van der Waals surface area contributed by atoms with Gasteiger partial charge in [0.25, 0.3) is 0 Å². The number of carboxylic acid groups (broad SMARTS) is 1. The summed E-state index contributed by atoms with van der Waals surface area (Å²) in [5, 5.41) is 12.9. The molecule has 2 aromatic rings. The highest BCUT2D eigenvalue weighted by Crippen LogP contribution is 2.23. The first-order valence-electron chi connectivity index (χ1n) is 6.70. The average molecular weight is 341 g/mol. The third-order valence-electron chi connectivity index (χ3n) is 3.31. The second kappa shape index (κ2) is 6.47. The van der Waals surface area contributed by atoms with Crippen molar-refractivity contribution in [3.05, 3.63) is 47.5 Å². The number of aromatic carboxylic acids is 1. The molecule has 1 aromatic carbocycles. The summed E-state index contributed by atoms with van der Waals surface area (Å²) in [6, 6.07) is 3.93. The fraction of sp³-hybridized carbons (Fsp3) is 0.286. The van der Waals surface area contributed by atoms with Gasteiger partial charge in [-0.25, -0.2) is 17.6 Å². The Labute approximate surface area is 133 Å². The van der Waals surface area contributed by atoms with E-state index in [0.29, 0.717) is 12.1 Å². The number of hydrogen-bond acceptors (Lipinski definition) is 4. The lowest BCUT2D eigenvalue weighted by Crippen LogP contribution is -2.31. The molecule has 0 aliphatic heterocycles. The molecule has 0 radical (unpaired) electrons. The number of likely N-dealkylation sites (N-methyl/N-ethyl adjacent to an activating group) is 1. The molecule has 7 nitrogen and oxygen atoms in total. The Morgan fingerprint density at radius 1 is 1.43 bits per heavy atom. The van der Waals surface area contributed by atoms with Crippen LogP contribution in [0.2, 0.25) is 0 Å². The van der Waals surface area contributed by atoms with Gasteiger partial charge in [-0.15, -0.1) is 0 Å². The van der Waals surface area contributed by atoms with E-state index in [1.807, 2.05) is 0 Å². The van der Waals surface area contributed by atoms with Crippen molar-refractivity contribution in [1.82, 2.24) is 14.1 Å². The van der Waals surface area contributed by atoms with Crippen LogP contribution < -0.4 is 0 Å². The van der Waals surface area contributed by atoms with Crippen LogP contribution in [0.5, 0.6) is 0 Å². The van der Waals surface area contributed by atoms with Gasteiger partial charge in [-0.1, -0.05) is 0 Å². The average Bonchev–Trinajstić information content (AvgIpc) is 2.99. The largest absolute Gasteiger partial charge is 0.478 e. The number of benzene rings is 1. The molecule has 2 rings (SSSR count). The first-order valence-corrected chi connectivity index (χ1v) is 8.14. The summed E-state index contributed by atoms with van der Waals surface area (Å²) in [4.78, 5) is 10.4. The van der Waals surface area contributed by atoms with Crippen LogP contribution in [0.4, 0.5) is 4.39 Å². The molecular weight excluding hydrogens is 325 g/mol. The van der Waals surface area contributed by atoms with Crippen molar-refractivity contribution in [3.63, 3.8) is 0 Å². The van der Waals surface area contributed by atoms with Gasteiger partial charge in [0, 0.05) is 26.0 Å². The highest BCUT2D eigenvalue weighted by Gasteiger charge is 2.28. The highest BCUT2D eigenvalue weighted by atomic mass is 32.2. The zero-order chi connectivity index (χ0) is 17.2. The summed E-state index contributed by atoms with van der Waals surface area (Å²) in [5.74, 6) is -2.77. The Kier molecular flexibility index (Phi) is 4.81. The molecule has 0 amide bonds. The number of sulfonamides is 1. The number of aryl methyl sites for hydroxylation is 1. The van der Waals surface area contributed by atoms with Gasteiger partial charge in [-0.3, -0.25) is 4.68 Å². The summed E-state index contributed by atoms with van der Waals surface area (Å²) in [6.07, 6.45) is 3.24. The molecule has 1 N–H and O–H groups in total. The van der Waals surface area contributed by atoms with Crippen molar-refractivity contribution in [2.45, 2.75) is 18.4 Å². The molecule has 1 heterocycles. The lowest BCUT2D eigenvalue weighted by molar-refractivity contribution is 0.0691. The minimum atomic E-state index is -4.15. The van der Waals surface area contributed by atoms with E-state index in [1.54, 1.807) is 23.1 Å². The molecule has 0 aliphatic rings. The first kappa shape index (κ1) is 17.1. The summed E-state index contributed by atoms with van der Waals surface area (Å²) in [7, 11) is -2.84. The SMILES string of the molecule is Cc1cc(C(=O)O)c(F)c(S(=O)(=O)N(C)CCn2cccn2)c1. The third-order valence-corrected chi connectivity index (χ3v) is 5.16. The number of halogens is 1. The molecule has 0 atom stereocenters. The quantitative estimate of drug-likeness (QED) is 0.856. The molecular formula is C14H16FN3O4S. The number of carbonyl (C=O) groups is 1. The zero-order valence-corrected chi connectivity index (χ0v) is 13.4. The van der Waals surface area contributed by atoms with Crippen LogP contribution in [0.25, 0.3) is 0 Å². The minimum Gasteiger partial charge on any atom is -0.478 e. The Hall–Kier alpha value is -2.26. The maximum Gasteiger partial charge on any atom is 0.338 e. The molecule has 0 bridgehead atoms. The summed E-state index contributed by atoms with van der Waals surface area (Å²) >= 11 is 0. The summed E-state index contributed by atoms with van der Waals surface area (Å²) in [5.41, 5.74) is -0.313. The van der Waals surface area contributed by atoms with Crippen LogP contribution in [0.3, 0.4) is 0 Å². The van der Waals surface area contributed by atoms with Crippen molar-refractivity contribution in [1.29, 1.82) is 0 Å². The van der Waals surface area contributed by atoms with Gasteiger partial charge in [0.2, 0.25) is 10.0 Å². The Morgan fingerprint density at radius 3 is 2.70 bits per heavy atom. The van der Waals surface area contributed by atoms with Gasteiger partial charge in [0.15, 0.2) is 5.82 Å².